The summed E-state index contributed by atoms with van der Waals surface area (Å²) in [5.74, 6) is -0.332. The van der Waals surface area contributed by atoms with Crippen LogP contribution < -0.4 is 14.4 Å². The third-order valence-corrected chi connectivity index (χ3v) is 9.41. The number of sulfonamides is 1. The number of halogens is 2. The Hall–Kier alpha value is -3.27. The molecule has 0 bridgehead atoms. The van der Waals surface area contributed by atoms with Crippen molar-refractivity contribution >= 4 is 50.7 Å². The molecule has 43 heavy (non-hydrogen) atoms. The van der Waals surface area contributed by atoms with Crippen molar-refractivity contribution in [1.29, 1.82) is 0 Å². The minimum atomic E-state index is -3.88. The van der Waals surface area contributed by atoms with E-state index in [1.54, 1.807) is 49.4 Å². The number of carbonyl (C=O) groups is 2. The number of ether oxygens (including phenoxy) is 1. The van der Waals surface area contributed by atoms with Crippen molar-refractivity contribution in [3.8, 4) is 5.75 Å². The lowest BCUT2D eigenvalue weighted by molar-refractivity contribution is -0.139. The highest BCUT2D eigenvalue weighted by Gasteiger charge is 2.32. The molecule has 1 aliphatic carbocycles. The molecular formula is C32H37Cl2N3O5S. The van der Waals surface area contributed by atoms with Crippen LogP contribution >= 0.6 is 23.2 Å². The van der Waals surface area contributed by atoms with Crippen molar-refractivity contribution in [1.82, 2.24) is 10.2 Å². The Morgan fingerprint density at radius 1 is 0.930 bits per heavy atom. The van der Waals surface area contributed by atoms with Crippen molar-refractivity contribution in [2.24, 2.45) is 0 Å². The highest BCUT2D eigenvalue weighted by molar-refractivity contribution is 7.92. The predicted octanol–water partition coefficient (Wildman–Crippen LogP) is 6.20. The number of benzene rings is 3. The molecule has 1 saturated carbocycles. The topological polar surface area (TPSA) is 96.0 Å². The van der Waals surface area contributed by atoms with Gasteiger partial charge in [-0.3, -0.25) is 13.9 Å². The van der Waals surface area contributed by atoms with Gasteiger partial charge in [0, 0.05) is 28.2 Å². The zero-order chi connectivity index (χ0) is 31.0. The minimum absolute atomic E-state index is 0.0414. The number of nitrogens with one attached hydrogen (secondary N) is 1. The van der Waals surface area contributed by atoms with Crippen molar-refractivity contribution in [2.45, 2.75) is 64.3 Å². The lowest BCUT2D eigenvalue weighted by atomic mass is 9.95. The maximum Gasteiger partial charge on any atom is 0.244 e. The average molecular weight is 647 g/mol. The van der Waals surface area contributed by atoms with E-state index in [9.17, 15) is 18.0 Å². The summed E-state index contributed by atoms with van der Waals surface area (Å²) in [4.78, 5) is 28.6. The maximum absolute atomic E-state index is 13.9. The summed E-state index contributed by atoms with van der Waals surface area (Å²) in [6.45, 7) is 1.39. The first-order valence-electron chi connectivity index (χ1n) is 14.3. The molecule has 2 amide bonds. The second kappa shape index (κ2) is 14.9. The molecule has 4 rings (SSSR count). The molecule has 0 unspecified atom stereocenters. The normalized spacial score (nSPS) is 14.5. The van der Waals surface area contributed by atoms with Crippen LogP contribution in [0.3, 0.4) is 0 Å². The van der Waals surface area contributed by atoms with Crippen LogP contribution in [-0.4, -0.2) is 50.0 Å². The van der Waals surface area contributed by atoms with Crippen molar-refractivity contribution in [3.05, 3.63) is 94.0 Å². The van der Waals surface area contributed by atoms with Crippen LogP contribution in [-0.2, 0) is 32.8 Å². The Kier molecular flexibility index (Phi) is 11.3. The summed E-state index contributed by atoms with van der Waals surface area (Å²) >= 11 is 12.9. The molecule has 8 nitrogen and oxygen atoms in total. The van der Waals surface area contributed by atoms with Crippen LogP contribution in [0.25, 0.3) is 0 Å². The van der Waals surface area contributed by atoms with E-state index >= 15 is 0 Å². The molecule has 1 atom stereocenters. The molecule has 1 aliphatic rings. The molecular weight excluding hydrogens is 609 g/mol. The SMILES string of the molecule is C[C@H](C(=O)NC1CCCCC1)N(Cc1c(Cl)cccc1Cl)C(=O)CN(c1ccc(OCc2ccccc2)cc1)S(C)(=O)=O. The van der Waals surface area contributed by atoms with Gasteiger partial charge in [-0.1, -0.05) is 78.9 Å². The van der Waals surface area contributed by atoms with Gasteiger partial charge >= 0.3 is 0 Å². The van der Waals surface area contributed by atoms with E-state index in [1.807, 2.05) is 30.3 Å². The van der Waals surface area contributed by atoms with Gasteiger partial charge in [-0.25, -0.2) is 8.42 Å². The molecule has 0 radical (unpaired) electrons. The number of anilines is 1. The summed E-state index contributed by atoms with van der Waals surface area (Å²) in [5, 5.41) is 3.76. The molecule has 11 heteroatoms. The van der Waals surface area contributed by atoms with Gasteiger partial charge in [-0.15, -0.1) is 0 Å². The highest BCUT2D eigenvalue weighted by atomic mass is 35.5. The van der Waals surface area contributed by atoms with Crippen molar-refractivity contribution < 1.29 is 22.7 Å². The van der Waals surface area contributed by atoms with E-state index in [1.165, 1.54) is 4.90 Å². The monoisotopic (exact) mass is 645 g/mol. The van der Waals surface area contributed by atoms with Crippen molar-refractivity contribution in [3.63, 3.8) is 0 Å². The van der Waals surface area contributed by atoms with Gasteiger partial charge in [0.15, 0.2) is 0 Å². The highest BCUT2D eigenvalue weighted by Crippen LogP contribution is 2.28. The molecule has 230 valence electrons. The largest absolute Gasteiger partial charge is 0.489 e. The summed E-state index contributed by atoms with van der Waals surface area (Å²) in [6, 6.07) is 20.3. The minimum Gasteiger partial charge on any atom is -0.489 e. The fourth-order valence-electron chi connectivity index (χ4n) is 5.07. The van der Waals surface area contributed by atoms with Gasteiger partial charge in [0.2, 0.25) is 21.8 Å². The van der Waals surface area contributed by atoms with Crippen LogP contribution in [0.4, 0.5) is 5.69 Å². The quantitative estimate of drug-likeness (QED) is 0.253. The molecule has 3 aromatic carbocycles. The van der Waals surface area contributed by atoms with Crippen LogP contribution in [0, 0.1) is 0 Å². The molecule has 0 aliphatic heterocycles. The molecule has 0 aromatic heterocycles. The smallest absolute Gasteiger partial charge is 0.244 e. The van der Waals surface area contributed by atoms with Gasteiger partial charge in [0.25, 0.3) is 0 Å². The fourth-order valence-corrected chi connectivity index (χ4v) is 6.43. The lowest BCUT2D eigenvalue weighted by Crippen LogP contribution is -2.53. The van der Waals surface area contributed by atoms with E-state index in [4.69, 9.17) is 27.9 Å². The molecule has 1 N–H and O–H groups in total. The Bertz CT molecular complexity index is 1480. The van der Waals surface area contributed by atoms with Gasteiger partial charge in [0.05, 0.1) is 11.9 Å². The molecule has 1 fully saturated rings. The Labute approximate surface area is 264 Å². The summed E-state index contributed by atoms with van der Waals surface area (Å²) in [7, 11) is -3.88. The first kappa shape index (κ1) is 32.6. The number of carbonyl (C=O) groups excluding carboxylic acids is 2. The van der Waals surface area contributed by atoms with Gasteiger partial charge < -0.3 is 15.0 Å². The first-order valence-corrected chi connectivity index (χ1v) is 16.9. The van der Waals surface area contributed by atoms with E-state index in [0.717, 1.165) is 48.2 Å². The van der Waals surface area contributed by atoms with Gasteiger partial charge in [0.1, 0.15) is 24.9 Å². The number of nitrogens with zero attached hydrogens (tertiary/aromatic N) is 2. The number of hydrogen-bond donors (Lipinski definition) is 1. The first-order chi connectivity index (χ1) is 20.5. The summed E-state index contributed by atoms with van der Waals surface area (Å²) in [5.41, 5.74) is 1.76. The fraction of sp³-hybridized carbons (Fsp3) is 0.375. The summed E-state index contributed by atoms with van der Waals surface area (Å²) in [6.07, 6.45) is 6.02. The van der Waals surface area contributed by atoms with Crippen LogP contribution in [0.15, 0.2) is 72.8 Å². The number of hydrogen-bond acceptors (Lipinski definition) is 5. The second-order valence-electron chi connectivity index (χ2n) is 10.8. The van der Waals surface area contributed by atoms with Gasteiger partial charge in [-0.2, -0.15) is 0 Å². The number of amides is 2. The van der Waals surface area contributed by atoms with Crippen molar-refractivity contribution in [2.75, 3.05) is 17.1 Å². The zero-order valence-corrected chi connectivity index (χ0v) is 26.7. The molecule has 0 heterocycles. The molecule has 3 aromatic rings. The third-order valence-electron chi connectivity index (χ3n) is 7.56. The number of rotatable bonds is 12. The van der Waals surface area contributed by atoms with Crippen LogP contribution in [0.5, 0.6) is 5.75 Å². The maximum atomic E-state index is 13.9. The Morgan fingerprint density at radius 3 is 2.16 bits per heavy atom. The van der Waals surface area contributed by atoms with E-state index in [0.29, 0.717) is 28.0 Å². The second-order valence-corrected chi connectivity index (χ2v) is 13.5. The van der Waals surface area contributed by atoms with E-state index in [2.05, 4.69) is 5.32 Å². The van der Waals surface area contributed by atoms with E-state index < -0.39 is 28.5 Å². The van der Waals surface area contributed by atoms with Crippen LogP contribution in [0.1, 0.15) is 50.2 Å². The molecule has 0 saturated heterocycles. The average Bonchev–Trinajstić information content (AvgIpc) is 2.99. The predicted molar refractivity (Wildman–Crippen MR) is 171 cm³/mol. The Balaban J connectivity index is 1.55. The van der Waals surface area contributed by atoms with Crippen LogP contribution in [0.2, 0.25) is 10.0 Å². The lowest BCUT2D eigenvalue weighted by Gasteiger charge is -2.33. The Morgan fingerprint density at radius 2 is 1.56 bits per heavy atom. The molecule has 0 spiro atoms. The zero-order valence-electron chi connectivity index (χ0n) is 24.3. The van der Waals surface area contributed by atoms with E-state index in [-0.39, 0.29) is 24.2 Å². The van der Waals surface area contributed by atoms with Gasteiger partial charge in [-0.05, 0) is 61.7 Å². The standard InChI is InChI=1S/C32H37Cl2N3O5S/c1-23(32(39)35-25-12-7-4-8-13-25)36(20-28-29(33)14-9-15-30(28)34)31(38)21-37(43(2,40)41)26-16-18-27(19-17-26)42-22-24-10-5-3-6-11-24/h3,5-6,9-11,14-19,23,25H,4,7-8,12-13,20-22H2,1-2H3,(H,35,39)/t23-/m1/s1. The third kappa shape index (κ3) is 9.11. The summed E-state index contributed by atoms with van der Waals surface area (Å²) < 4.78 is 32.7.